The maximum atomic E-state index is 5.94. The maximum absolute atomic E-state index is 5.94. The molecule has 4 rings (SSSR count). The average Bonchev–Trinajstić information content (AvgIpc) is 3.16. The van der Waals surface area contributed by atoms with Crippen molar-refractivity contribution >= 4 is 0 Å². The first kappa shape index (κ1) is 18.1. The highest BCUT2D eigenvalue weighted by atomic mass is 16.5. The summed E-state index contributed by atoms with van der Waals surface area (Å²) >= 11 is 0. The van der Waals surface area contributed by atoms with Gasteiger partial charge in [0.25, 0.3) is 0 Å². The van der Waals surface area contributed by atoms with Crippen LogP contribution in [0.4, 0.5) is 0 Å². The van der Waals surface area contributed by atoms with Gasteiger partial charge in [0.2, 0.25) is 0 Å². The van der Waals surface area contributed by atoms with E-state index in [0.29, 0.717) is 6.61 Å². The smallest absolute Gasteiger partial charge is 0.124 e. The molecule has 2 atom stereocenters. The van der Waals surface area contributed by atoms with Crippen LogP contribution in [0.15, 0.2) is 36.9 Å². The molecule has 2 aliphatic heterocycles. The zero-order valence-electron chi connectivity index (χ0n) is 16.1. The molecule has 3 fully saturated rings. The molecular formula is C23H34N2O. The van der Waals surface area contributed by atoms with Crippen molar-refractivity contribution in [2.24, 2.45) is 5.92 Å². The molecule has 3 nitrogen and oxygen atoms in total. The van der Waals surface area contributed by atoms with Crippen LogP contribution in [0.2, 0.25) is 0 Å². The van der Waals surface area contributed by atoms with Crippen LogP contribution in [-0.4, -0.2) is 48.1 Å². The molecule has 0 aromatic heterocycles. The summed E-state index contributed by atoms with van der Waals surface area (Å²) in [6.45, 7) is 9.16. The molecule has 26 heavy (non-hydrogen) atoms. The molecule has 1 aliphatic carbocycles. The summed E-state index contributed by atoms with van der Waals surface area (Å²) < 4.78 is 5.94. The van der Waals surface area contributed by atoms with E-state index in [4.69, 9.17) is 4.74 Å². The molecular weight excluding hydrogens is 320 g/mol. The number of benzene rings is 1. The molecule has 3 aliphatic rings. The number of piperazine rings is 1. The fourth-order valence-corrected chi connectivity index (χ4v) is 5.58. The Labute approximate surface area is 159 Å². The molecule has 0 radical (unpaired) electrons. The van der Waals surface area contributed by atoms with Gasteiger partial charge >= 0.3 is 0 Å². The van der Waals surface area contributed by atoms with E-state index in [0.717, 1.165) is 30.3 Å². The average molecular weight is 355 g/mol. The fourth-order valence-electron chi connectivity index (χ4n) is 5.58. The van der Waals surface area contributed by atoms with Gasteiger partial charge in [0.15, 0.2) is 0 Å². The summed E-state index contributed by atoms with van der Waals surface area (Å²) in [5.74, 6) is 1.92. The number of para-hydroxylation sites is 1. The van der Waals surface area contributed by atoms with E-state index in [2.05, 4.69) is 40.6 Å². The van der Waals surface area contributed by atoms with Gasteiger partial charge in [-0.3, -0.25) is 9.80 Å². The Morgan fingerprint density at radius 3 is 2.69 bits per heavy atom. The minimum Gasteiger partial charge on any atom is -0.489 e. The van der Waals surface area contributed by atoms with Crippen LogP contribution in [0.3, 0.4) is 0 Å². The Morgan fingerprint density at radius 1 is 1.00 bits per heavy atom. The summed E-state index contributed by atoms with van der Waals surface area (Å²) in [7, 11) is 0. The molecule has 0 spiro atoms. The summed E-state index contributed by atoms with van der Waals surface area (Å²) in [6, 6.07) is 10.1. The van der Waals surface area contributed by atoms with Gasteiger partial charge in [-0.25, -0.2) is 0 Å². The van der Waals surface area contributed by atoms with Crippen molar-refractivity contribution in [2.45, 2.75) is 63.6 Å². The van der Waals surface area contributed by atoms with Gasteiger partial charge in [0, 0.05) is 37.3 Å². The largest absolute Gasteiger partial charge is 0.489 e. The Balaban J connectivity index is 1.54. The number of ether oxygens (including phenoxy) is 1. The molecule has 142 valence electrons. The molecule has 2 saturated heterocycles. The minimum absolute atomic E-state index is 0.583. The zero-order valence-corrected chi connectivity index (χ0v) is 16.1. The van der Waals surface area contributed by atoms with E-state index in [1.807, 2.05) is 6.08 Å². The predicted molar refractivity (Wildman–Crippen MR) is 108 cm³/mol. The Kier molecular flexibility index (Phi) is 5.96. The third-order valence-corrected chi connectivity index (χ3v) is 6.74. The second-order valence-electron chi connectivity index (χ2n) is 8.31. The highest BCUT2D eigenvalue weighted by Crippen LogP contribution is 2.38. The van der Waals surface area contributed by atoms with Crippen molar-refractivity contribution in [1.29, 1.82) is 0 Å². The monoisotopic (exact) mass is 354 g/mol. The third-order valence-electron chi connectivity index (χ3n) is 6.74. The quantitative estimate of drug-likeness (QED) is 0.701. The predicted octanol–water partition coefficient (Wildman–Crippen LogP) is 4.48. The summed E-state index contributed by atoms with van der Waals surface area (Å²) in [4.78, 5) is 5.59. The molecule has 1 saturated carbocycles. The molecule has 0 N–H and O–H groups in total. The van der Waals surface area contributed by atoms with Gasteiger partial charge in [-0.05, 0) is 44.2 Å². The molecule has 0 bridgehead atoms. The normalized spacial score (nSPS) is 28.0. The van der Waals surface area contributed by atoms with Crippen molar-refractivity contribution in [2.75, 3.05) is 26.2 Å². The van der Waals surface area contributed by atoms with Gasteiger partial charge in [-0.2, -0.15) is 0 Å². The Morgan fingerprint density at radius 2 is 1.85 bits per heavy atom. The van der Waals surface area contributed by atoms with Gasteiger partial charge in [-0.1, -0.05) is 50.1 Å². The lowest BCUT2D eigenvalue weighted by Crippen LogP contribution is -2.59. The SMILES string of the molecule is C=CCOc1ccccc1CN1CCN2CCC[C@H]2[C@@H]1C1CCCCC1. The molecule has 3 heteroatoms. The first-order valence-electron chi connectivity index (χ1n) is 10.7. The number of nitrogens with zero attached hydrogens (tertiary/aromatic N) is 2. The molecule has 1 aromatic carbocycles. The van der Waals surface area contributed by atoms with Crippen LogP contribution in [0, 0.1) is 5.92 Å². The van der Waals surface area contributed by atoms with Gasteiger partial charge in [0.1, 0.15) is 12.4 Å². The standard InChI is InChI=1S/C23H34N2O/c1-2-17-26-22-13-7-6-11-20(22)18-25-16-15-24-14-8-12-21(24)23(25)19-9-4-3-5-10-19/h2,6-7,11,13,19,21,23H,1,3-5,8-10,12,14-18H2/t21-,23-/m0/s1. The van der Waals surface area contributed by atoms with Crippen LogP contribution in [-0.2, 0) is 6.54 Å². The lowest BCUT2D eigenvalue weighted by Gasteiger charge is -2.49. The van der Waals surface area contributed by atoms with Crippen LogP contribution in [0.5, 0.6) is 5.75 Å². The van der Waals surface area contributed by atoms with Gasteiger partial charge in [-0.15, -0.1) is 0 Å². The van der Waals surface area contributed by atoms with E-state index in [1.54, 1.807) is 0 Å². The first-order chi connectivity index (χ1) is 12.9. The zero-order chi connectivity index (χ0) is 17.8. The second-order valence-corrected chi connectivity index (χ2v) is 8.31. The van der Waals surface area contributed by atoms with Crippen LogP contribution < -0.4 is 4.74 Å². The highest BCUT2D eigenvalue weighted by molar-refractivity contribution is 5.33. The van der Waals surface area contributed by atoms with E-state index in [1.165, 1.54) is 70.1 Å². The fraction of sp³-hybridized carbons (Fsp3) is 0.652. The molecule has 0 amide bonds. The minimum atomic E-state index is 0.583. The number of hydrogen-bond acceptors (Lipinski definition) is 3. The van der Waals surface area contributed by atoms with Crippen molar-refractivity contribution in [3.05, 3.63) is 42.5 Å². The van der Waals surface area contributed by atoms with Crippen LogP contribution >= 0.6 is 0 Å². The van der Waals surface area contributed by atoms with E-state index in [9.17, 15) is 0 Å². The third kappa shape index (κ3) is 3.84. The van der Waals surface area contributed by atoms with Gasteiger partial charge in [0.05, 0.1) is 0 Å². The van der Waals surface area contributed by atoms with Crippen molar-refractivity contribution in [3.8, 4) is 5.75 Å². The van der Waals surface area contributed by atoms with E-state index >= 15 is 0 Å². The molecule has 2 heterocycles. The second kappa shape index (κ2) is 8.58. The van der Waals surface area contributed by atoms with E-state index < -0.39 is 0 Å². The molecule has 0 unspecified atom stereocenters. The summed E-state index contributed by atoms with van der Waals surface area (Å²) in [6.07, 6.45) is 11.8. The van der Waals surface area contributed by atoms with Gasteiger partial charge < -0.3 is 4.74 Å². The topological polar surface area (TPSA) is 15.7 Å². The van der Waals surface area contributed by atoms with Crippen molar-refractivity contribution < 1.29 is 4.74 Å². The highest BCUT2D eigenvalue weighted by Gasteiger charge is 2.43. The summed E-state index contributed by atoms with van der Waals surface area (Å²) in [5, 5.41) is 0. The van der Waals surface area contributed by atoms with Crippen molar-refractivity contribution in [3.63, 3.8) is 0 Å². The lowest BCUT2D eigenvalue weighted by molar-refractivity contribution is -0.00416. The number of fused-ring (bicyclic) bond motifs is 1. The summed E-state index contributed by atoms with van der Waals surface area (Å²) in [5.41, 5.74) is 1.33. The van der Waals surface area contributed by atoms with Crippen LogP contribution in [0.25, 0.3) is 0 Å². The Bertz CT molecular complexity index is 596. The number of rotatable bonds is 6. The number of hydrogen-bond donors (Lipinski definition) is 0. The van der Waals surface area contributed by atoms with Crippen LogP contribution in [0.1, 0.15) is 50.5 Å². The van der Waals surface area contributed by atoms with Crippen molar-refractivity contribution in [1.82, 2.24) is 9.80 Å². The van der Waals surface area contributed by atoms with E-state index in [-0.39, 0.29) is 0 Å². The maximum Gasteiger partial charge on any atom is 0.124 e. The Hall–Kier alpha value is -1.32. The lowest BCUT2D eigenvalue weighted by atomic mass is 9.78. The first-order valence-corrected chi connectivity index (χ1v) is 10.7. The molecule has 1 aromatic rings.